The Morgan fingerprint density at radius 2 is 2.15 bits per heavy atom. The molecule has 1 heterocycles. The number of amides is 1. The molecule has 0 bridgehead atoms. The summed E-state index contributed by atoms with van der Waals surface area (Å²) in [7, 11) is 0. The number of nitrogens with one attached hydrogen (secondary N) is 2. The fourth-order valence-electron chi connectivity index (χ4n) is 3.15. The molecule has 2 N–H and O–H groups in total. The van der Waals surface area contributed by atoms with Gasteiger partial charge in [0.25, 0.3) is 5.56 Å². The smallest absolute Gasteiger partial charge is 0.255 e. The van der Waals surface area contributed by atoms with Crippen LogP contribution in [0, 0.1) is 6.92 Å². The van der Waals surface area contributed by atoms with E-state index < -0.39 is 0 Å². The number of aromatic nitrogens is 2. The number of carbonyl (C=O) groups is 1. The highest BCUT2D eigenvalue weighted by Gasteiger charge is 2.19. The fourth-order valence-corrected chi connectivity index (χ4v) is 4.21. The van der Waals surface area contributed by atoms with Gasteiger partial charge in [-0.05, 0) is 37.5 Å². The highest BCUT2D eigenvalue weighted by atomic mass is 35.5. The molecule has 5 nitrogen and oxygen atoms in total. The average Bonchev–Trinajstić information content (AvgIpc) is 3.09. The Kier molecular flexibility index (Phi) is 6.38. The van der Waals surface area contributed by atoms with Crippen molar-refractivity contribution in [1.29, 1.82) is 0 Å². The SMILES string of the molecule is Cc1nc(SCc2cccc(Cl)c2)[nH]c(=O)c1CC(=O)NC1CCCC1. The van der Waals surface area contributed by atoms with Crippen molar-refractivity contribution in [2.45, 2.75) is 56.0 Å². The second-order valence-corrected chi connectivity index (χ2v) is 7.98. The van der Waals surface area contributed by atoms with E-state index in [4.69, 9.17) is 11.6 Å². The largest absolute Gasteiger partial charge is 0.353 e. The van der Waals surface area contributed by atoms with Crippen LogP contribution in [0.15, 0.2) is 34.2 Å². The maximum absolute atomic E-state index is 12.4. The van der Waals surface area contributed by atoms with Gasteiger partial charge in [-0.25, -0.2) is 4.98 Å². The first-order chi connectivity index (χ1) is 12.5. The molecule has 0 atom stereocenters. The van der Waals surface area contributed by atoms with Gasteiger partial charge in [0.15, 0.2) is 5.16 Å². The molecule has 1 aromatic heterocycles. The first-order valence-corrected chi connectivity index (χ1v) is 10.1. The summed E-state index contributed by atoms with van der Waals surface area (Å²) in [6.45, 7) is 1.77. The van der Waals surface area contributed by atoms with E-state index in [2.05, 4.69) is 15.3 Å². The monoisotopic (exact) mass is 391 g/mol. The van der Waals surface area contributed by atoms with E-state index in [1.165, 1.54) is 11.8 Å². The van der Waals surface area contributed by atoms with E-state index in [9.17, 15) is 9.59 Å². The molecule has 1 aliphatic rings. The van der Waals surface area contributed by atoms with Gasteiger partial charge in [0.05, 0.1) is 6.42 Å². The molecule has 0 unspecified atom stereocenters. The molecule has 0 saturated heterocycles. The second-order valence-electron chi connectivity index (χ2n) is 6.58. The van der Waals surface area contributed by atoms with Gasteiger partial charge in [0, 0.05) is 28.1 Å². The molecule has 0 spiro atoms. The number of H-pyrrole nitrogens is 1. The molecular weight excluding hydrogens is 370 g/mol. The van der Waals surface area contributed by atoms with Crippen LogP contribution >= 0.6 is 23.4 Å². The summed E-state index contributed by atoms with van der Waals surface area (Å²) in [4.78, 5) is 31.8. The summed E-state index contributed by atoms with van der Waals surface area (Å²) in [5, 5.41) is 4.24. The van der Waals surface area contributed by atoms with Gasteiger partial charge in [0.1, 0.15) is 0 Å². The Morgan fingerprint density at radius 1 is 1.38 bits per heavy atom. The lowest BCUT2D eigenvalue weighted by molar-refractivity contribution is -0.121. The molecule has 1 amide bonds. The standard InChI is InChI=1S/C19H22ClN3O2S/c1-12-16(10-17(24)22-15-7-2-3-8-15)18(25)23-19(21-12)26-11-13-5-4-6-14(20)9-13/h4-6,9,15H,2-3,7-8,10-11H2,1H3,(H,22,24)(H,21,23,25). The summed E-state index contributed by atoms with van der Waals surface area (Å²) in [6, 6.07) is 7.84. The van der Waals surface area contributed by atoms with Gasteiger partial charge < -0.3 is 10.3 Å². The van der Waals surface area contributed by atoms with Crippen molar-refractivity contribution in [2.24, 2.45) is 0 Å². The molecule has 7 heteroatoms. The quantitative estimate of drug-likeness (QED) is 0.582. The minimum atomic E-state index is -0.243. The normalized spacial score (nSPS) is 14.5. The summed E-state index contributed by atoms with van der Waals surface area (Å²) in [5.41, 5.74) is 1.85. The Morgan fingerprint density at radius 3 is 2.85 bits per heavy atom. The summed E-state index contributed by atoms with van der Waals surface area (Å²) >= 11 is 7.42. The Hall–Kier alpha value is -1.79. The number of aromatic amines is 1. The molecule has 0 radical (unpaired) electrons. The molecule has 1 saturated carbocycles. The second kappa shape index (κ2) is 8.73. The van der Waals surface area contributed by atoms with E-state index in [1.54, 1.807) is 6.92 Å². The summed E-state index contributed by atoms with van der Waals surface area (Å²) in [6.07, 6.45) is 4.44. The number of carbonyl (C=O) groups excluding carboxylic acids is 1. The molecule has 1 aromatic carbocycles. The lowest BCUT2D eigenvalue weighted by Gasteiger charge is -2.12. The minimum Gasteiger partial charge on any atom is -0.353 e. The fraction of sp³-hybridized carbons (Fsp3) is 0.421. The minimum absolute atomic E-state index is 0.0733. The highest BCUT2D eigenvalue weighted by Crippen LogP contribution is 2.21. The topological polar surface area (TPSA) is 74.8 Å². The number of halogens is 1. The van der Waals surface area contributed by atoms with Gasteiger partial charge in [-0.15, -0.1) is 0 Å². The summed E-state index contributed by atoms with van der Waals surface area (Å²) in [5.74, 6) is 0.552. The van der Waals surface area contributed by atoms with Gasteiger partial charge in [-0.1, -0.05) is 48.3 Å². The molecule has 3 rings (SSSR count). The van der Waals surface area contributed by atoms with E-state index in [1.807, 2.05) is 24.3 Å². The highest BCUT2D eigenvalue weighted by molar-refractivity contribution is 7.98. The van der Waals surface area contributed by atoms with Crippen LogP contribution in [0.3, 0.4) is 0 Å². The van der Waals surface area contributed by atoms with Crippen molar-refractivity contribution in [2.75, 3.05) is 0 Å². The lowest BCUT2D eigenvalue weighted by Crippen LogP contribution is -2.35. The van der Waals surface area contributed by atoms with Gasteiger partial charge in [0.2, 0.25) is 5.91 Å². The van der Waals surface area contributed by atoms with E-state index in [-0.39, 0.29) is 23.9 Å². The molecule has 1 fully saturated rings. The number of rotatable bonds is 6. The predicted molar refractivity (Wildman–Crippen MR) is 105 cm³/mol. The van der Waals surface area contributed by atoms with Crippen LogP contribution in [-0.2, 0) is 17.0 Å². The van der Waals surface area contributed by atoms with E-state index in [0.717, 1.165) is 31.2 Å². The molecule has 138 valence electrons. The zero-order chi connectivity index (χ0) is 18.5. The van der Waals surface area contributed by atoms with Crippen LogP contribution in [-0.4, -0.2) is 21.9 Å². The van der Waals surface area contributed by atoms with Crippen LogP contribution in [0.4, 0.5) is 0 Å². The maximum atomic E-state index is 12.4. The number of aryl methyl sites for hydroxylation is 1. The van der Waals surface area contributed by atoms with Crippen molar-refractivity contribution in [3.63, 3.8) is 0 Å². The van der Waals surface area contributed by atoms with Crippen molar-refractivity contribution < 1.29 is 4.79 Å². The molecule has 1 aliphatic carbocycles. The number of nitrogens with zero attached hydrogens (tertiary/aromatic N) is 1. The molecule has 2 aromatic rings. The zero-order valence-corrected chi connectivity index (χ0v) is 16.3. The van der Waals surface area contributed by atoms with E-state index in [0.29, 0.717) is 27.2 Å². The third-order valence-electron chi connectivity index (χ3n) is 4.52. The van der Waals surface area contributed by atoms with Crippen LogP contribution in [0.25, 0.3) is 0 Å². The first-order valence-electron chi connectivity index (χ1n) is 8.77. The number of hydrogen-bond donors (Lipinski definition) is 2. The predicted octanol–water partition coefficient (Wildman–Crippen LogP) is 3.63. The Labute approximate surface area is 162 Å². The van der Waals surface area contributed by atoms with Crippen molar-refractivity contribution in [1.82, 2.24) is 15.3 Å². The number of benzene rings is 1. The van der Waals surface area contributed by atoms with Crippen molar-refractivity contribution in [3.05, 3.63) is 56.5 Å². The number of hydrogen-bond acceptors (Lipinski definition) is 4. The van der Waals surface area contributed by atoms with Crippen molar-refractivity contribution >= 4 is 29.3 Å². The van der Waals surface area contributed by atoms with Crippen LogP contribution in [0.5, 0.6) is 0 Å². The number of thioether (sulfide) groups is 1. The van der Waals surface area contributed by atoms with Gasteiger partial charge in [-0.3, -0.25) is 9.59 Å². The van der Waals surface area contributed by atoms with Crippen LogP contribution < -0.4 is 10.9 Å². The molecule has 26 heavy (non-hydrogen) atoms. The molecule has 0 aliphatic heterocycles. The van der Waals surface area contributed by atoms with Gasteiger partial charge in [-0.2, -0.15) is 0 Å². The van der Waals surface area contributed by atoms with Gasteiger partial charge >= 0.3 is 0 Å². The first kappa shape index (κ1) is 19.0. The Balaban J connectivity index is 1.63. The van der Waals surface area contributed by atoms with E-state index >= 15 is 0 Å². The lowest BCUT2D eigenvalue weighted by atomic mass is 10.1. The average molecular weight is 392 g/mol. The van der Waals surface area contributed by atoms with Crippen LogP contribution in [0.1, 0.15) is 42.5 Å². The third-order valence-corrected chi connectivity index (χ3v) is 5.70. The Bertz CT molecular complexity index is 847. The zero-order valence-electron chi connectivity index (χ0n) is 14.7. The molecular formula is C19H22ClN3O2S. The maximum Gasteiger partial charge on any atom is 0.255 e. The third kappa shape index (κ3) is 5.11. The van der Waals surface area contributed by atoms with Crippen molar-refractivity contribution in [3.8, 4) is 0 Å². The van der Waals surface area contributed by atoms with Crippen LogP contribution in [0.2, 0.25) is 5.02 Å². The summed E-state index contributed by atoms with van der Waals surface area (Å²) < 4.78 is 0.